The van der Waals surface area contributed by atoms with Crippen LogP contribution in [0.25, 0.3) is 11.5 Å². The van der Waals surface area contributed by atoms with Crippen molar-refractivity contribution in [1.29, 1.82) is 0 Å². The highest BCUT2D eigenvalue weighted by atomic mass is 15.2. The molecule has 0 amide bonds. The van der Waals surface area contributed by atoms with Crippen molar-refractivity contribution in [2.75, 3.05) is 0 Å². The molecule has 112 valence electrons. The molecule has 0 radical (unpaired) electrons. The molecule has 4 rings (SSSR count). The Morgan fingerprint density at radius 2 is 2.00 bits per heavy atom. The zero-order valence-corrected chi connectivity index (χ0v) is 12.6. The Morgan fingerprint density at radius 3 is 2.86 bits per heavy atom. The Hall–Kier alpha value is -2.43. The summed E-state index contributed by atoms with van der Waals surface area (Å²) >= 11 is 0. The van der Waals surface area contributed by atoms with E-state index in [1.165, 1.54) is 23.2 Å². The Kier molecular flexibility index (Phi) is 3.25. The fraction of sp³-hybridized carbons (Fsp3) is 0.353. The van der Waals surface area contributed by atoms with Gasteiger partial charge in [-0.2, -0.15) is 10.2 Å². The minimum Gasteiger partial charge on any atom is -0.282 e. The number of aryl methyl sites for hydroxylation is 1. The smallest absolute Gasteiger partial charge is 0.201 e. The quantitative estimate of drug-likeness (QED) is 0.780. The van der Waals surface area contributed by atoms with Crippen molar-refractivity contribution < 1.29 is 0 Å². The normalized spacial score (nSPS) is 17.4. The number of rotatable bonds is 3. The minimum absolute atomic E-state index is 0.701. The molecule has 3 aromatic rings. The second-order valence-corrected chi connectivity index (χ2v) is 6.15. The second kappa shape index (κ2) is 5.40. The molecule has 0 aliphatic heterocycles. The fourth-order valence-electron chi connectivity index (χ4n) is 3.12. The lowest BCUT2D eigenvalue weighted by Crippen LogP contribution is -2.10. The van der Waals surface area contributed by atoms with E-state index in [1.54, 1.807) is 0 Å². The number of H-pyrrole nitrogens is 2. The first-order chi connectivity index (χ1) is 10.8. The maximum absolute atomic E-state index is 4.63. The molecule has 1 aromatic carbocycles. The van der Waals surface area contributed by atoms with Crippen LogP contribution in [0.2, 0.25) is 0 Å². The molecule has 5 nitrogen and oxygen atoms in total. The van der Waals surface area contributed by atoms with Crippen LogP contribution < -0.4 is 0 Å². The molecular weight excluding hydrogens is 274 g/mol. The highest BCUT2D eigenvalue weighted by Gasteiger charge is 2.23. The Morgan fingerprint density at radius 1 is 1.14 bits per heavy atom. The van der Waals surface area contributed by atoms with Crippen LogP contribution in [0, 0.1) is 5.92 Å². The Balaban J connectivity index is 1.61. The van der Waals surface area contributed by atoms with E-state index in [2.05, 4.69) is 44.4 Å². The number of fused-ring (bicyclic) bond motifs is 1. The van der Waals surface area contributed by atoms with Gasteiger partial charge in [0.25, 0.3) is 0 Å². The average molecular weight is 293 g/mol. The first-order valence-electron chi connectivity index (χ1n) is 7.81. The SMILES string of the molecule is C[C@@H]1CCc2[nH]nc(-c3n[nH]c(Cc4ccccc4)n3)c2C1. The van der Waals surface area contributed by atoms with Crippen molar-refractivity contribution in [3.63, 3.8) is 0 Å². The molecule has 5 heteroatoms. The van der Waals surface area contributed by atoms with Gasteiger partial charge in [-0.15, -0.1) is 0 Å². The van der Waals surface area contributed by atoms with Gasteiger partial charge in [-0.1, -0.05) is 37.3 Å². The molecule has 0 fully saturated rings. The summed E-state index contributed by atoms with van der Waals surface area (Å²) in [6.45, 7) is 2.29. The predicted molar refractivity (Wildman–Crippen MR) is 84.4 cm³/mol. The third-order valence-corrected chi connectivity index (χ3v) is 4.35. The van der Waals surface area contributed by atoms with Crippen LogP contribution in [0.3, 0.4) is 0 Å². The largest absolute Gasteiger partial charge is 0.282 e. The van der Waals surface area contributed by atoms with Crippen LogP contribution in [0.1, 0.15) is 36.0 Å². The number of hydrogen-bond acceptors (Lipinski definition) is 3. The average Bonchev–Trinajstić information content (AvgIpc) is 3.14. The van der Waals surface area contributed by atoms with Gasteiger partial charge in [-0.25, -0.2) is 4.98 Å². The summed E-state index contributed by atoms with van der Waals surface area (Å²) in [5.74, 6) is 2.28. The third kappa shape index (κ3) is 2.43. The van der Waals surface area contributed by atoms with Gasteiger partial charge in [0, 0.05) is 17.7 Å². The number of aromatic nitrogens is 5. The van der Waals surface area contributed by atoms with E-state index in [9.17, 15) is 0 Å². The van der Waals surface area contributed by atoms with E-state index in [0.29, 0.717) is 11.7 Å². The first-order valence-corrected chi connectivity index (χ1v) is 7.81. The van der Waals surface area contributed by atoms with Gasteiger partial charge in [0.15, 0.2) is 0 Å². The van der Waals surface area contributed by atoms with E-state index in [-0.39, 0.29) is 0 Å². The van der Waals surface area contributed by atoms with Crippen LogP contribution >= 0.6 is 0 Å². The Bertz CT molecular complexity index is 771. The van der Waals surface area contributed by atoms with Crippen LogP contribution in [0.15, 0.2) is 30.3 Å². The zero-order valence-electron chi connectivity index (χ0n) is 12.6. The number of hydrogen-bond donors (Lipinski definition) is 2. The zero-order chi connectivity index (χ0) is 14.9. The predicted octanol–water partition coefficient (Wildman–Crippen LogP) is 2.91. The molecule has 2 aromatic heterocycles. The van der Waals surface area contributed by atoms with E-state index >= 15 is 0 Å². The summed E-state index contributed by atoms with van der Waals surface area (Å²) in [7, 11) is 0. The molecule has 0 unspecified atom stereocenters. The van der Waals surface area contributed by atoms with Gasteiger partial charge in [-0.3, -0.25) is 10.2 Å². The second-order valence-electron chi connectivity index (χ2n) is 6.15. The van der Waals surface area contributed by atoms with Crippen molar-refractivity contribution in [3.05, 3.63) is 53.0 Å². The number of nitrogens with zero attached hydrogens (tertiary/aromatic N) is 3. The maximum atomic E-state index is 4.63. The van der Waals surface area contributed by atoms with Crippen LogP contribution in [0.4, 0.5) is 0 Å². The fourth-order valence-corrected chi connectivity index (χ4v) is 3.12. The molecular formula is C17H19N5. The van der Waals surface area contributed by atoms with Gasteiger partial charge in [0.2, 0.25) is 5.82 Å². The van der Waals surface area contributed by atoms with Crippen LogP contribution in [0.5, 0.6) is 0 Å². The summed E-state index contributed by atoms with van der Waals surface area (Å²) in [5, 5.41) is 15.0. The molecule has 2 heterocycles. The molecule has 0 bridgehead atoms. The van der Waals surface area contributed by atoms with Gasteiger partial charge < -0.3 is 0 Å². The third-order valence-electron chi connectivity index (χ3n) is 4.35. The first kappa shape index (κ1) is 13.2. The van der Waals surface area contributed by atoms with E-state index in [4.69, 9.17) is 0 Å². The van der Waals surface area contributed by atoms with Crippen molar-refractivity contribution in [2.24, 2.45) is 5.92 Å². The molecule has 22 heavy (non-hydrogen) atoms. The van der Waals surface area contributed by atoms with E-state index in [0.717, 1.165) is 30.8 Å². The van der Waals surface area contributed by atoms with Crippen molar-refractivity contribution >= 4 is 0 Å². The number of nitrogens with one attached hydrogen (secondary N) is 2. The summed E-state index contributed by atoms with van der Waals surface area (Å²) < 4.78 is 0. The molecule has 2 N–H and O–H groups in total. The summed E-state index contributed by atoms with van der Waals surface area (Å²) in [4.78, 5) is 4.63. The standard InChI is InChI=1S/C17H19N5/c1-11-7-8-14-13(9-11)16(21-19-14)17-18-15(20-22-17)10-12-5-3-2-4-6-12/h2-6,11H,7-10H2,1H3,(H,19,21)(H,18,20,22)/t11-/m1/s1. The van der Waals surface area contributed by atoms with Gasteiger partial charge in [-0.05, 0) is 30.7 Å². The van der Waals surface area contributed by atoms with Gasteiger partial charge in [0.1, 0.15) is 11.5 Å². The number of benzene rings is 1. The molecule has 0 saturated carbocycles. The van der Waals surface area contributed by atoms with Crippen molar-refractivity contribution in [2.45, 2.75) is 32.6 Å². The van der Waals surface area contributed by atoms with Gasteiger partial charge in [0.05, 0.1) is 0 Å². The molecule has 0 spiro atoms. The monoisotopic (exact) mass is 293 g/mol. The Labute approximate surface area is 129 Å². The van der Waals surface area contributed by atoms with E-state index < -0.39 is 0 Å². The van der Waals surface area contributed by atoms with Gasteiger partial charge >= 0.3 is 0 Å². The lowest BCUT2D eigenvalue weighted by atomic mass is 9.88. The maximum Gasteiger partial charge on any atom is 0.201 e. The van der Waals surface area contributed by atoms with E-state index in [1.807, 2.05) is 18.2 Å². The van der Waals surface area contributed by atoms with Crippen molar-refractivity contribution in [3.8, 4) is 11.5 Å². The molecule has 0 saturated heterocycles. The molecule has 1 atom stereocenters. The molecule has 1 aliphatic carbocycles. The molecule has 1 aliphatic rings. The minimum atomic E-state index is 0.701. The highest BCUT2D eigenvalue weighted by molar-refractivity contribution is 5.56. The van der Waals surface area contributed by atoms with Crippen molar-refractivity contribution in [1.82, 2.24) is 25.4 Å². The number of aromatic amines is 2. The summed E-state index contributed by atoms with van der Waals surface area (Å²) in [6, 6.07) is 10.3. The lowest BCUT2D eigenvalue weighted by molar-refractivity contribution is 0.498. The summed E-state index contributed by atoms with van der Waals surface area (Å²) in [6.07, 6.45) is 4.12. The topological polar surface area (TPSA) is 70.2 Å². The lowest BCUT2D eigenvalue weighted by Gasteiger charge is -2.17. The van der Waals surface area contributed by atoms with Crippen LogP contribution in [-0.2, 0) is 19.3 Å². The van der Waals surface area contributed by atoms with Crippen LogP contribution in [-0.4, -0.2) is 25.4 Å². The highest BCUT2D eigenvalue weighted by Crippen LogP contribution is 2.30. The summed E-state index contributed by atoms with van der Waals surface area (Å²) in [5.41, 5.74) is 4.69.